The van der Waals surface area contributed by atoms with Crippen LogP contribution in [-0.4, -0.2) is 64.3 Å². The summed E-state index contributed by atoms with van der Waals surface area (Å²) in [6.45, 7) is 6.22. The first-order valence-corrected chi connectivity index (χ1v) is 7.37. The minimum Gasteiger partial charge on any atom is -0.463 e. The Balaban J connectivity index is 3.70. The first kappa shape index (κ1) is 20.8. The molecule has 0 aromatic rings. The summed E-state index contributed by atoms with van der Waals surface area (Å²) >= 11 is 0. The number of hydrogen-bond donors (Lipinski definition) is 0. The molecule has 0 spiro atoms. The predicted molar refractivity (Wildman–Crippen MR) is 79.5 cm³/mol. The van der Waals surface area contributed by atoms with Crippen molar-refractivity contribution in [2.75, 3.05) is 34.0 Å². The maximum atomic E-state index is 11.5. The first-order valence-electron chi connectivity index (χ1n) is 7.37. The van der Waals surface area contributed by atoms with E-state index in [4.69, 9.17) is 23.7 Å². The highest BCUT2D eigenvalue weighted by Gasteiger charge is 2.13. The Bertz CT molecular complexity index is 319. The Labute approximate surface area is 132 Å². The van der Waals surface area contributed by atoms with Crippen LogP contribution in [0.25, 0.3) is 0 Å². The second kappa shape index (κ2) is 12.4. The van der Waals surface area contributed by atoms with E-state index in [2.05, 4.69) is 0 Å². The van der Waals surface area contributed by atoms with Crippen LogP contribution in [0.1, 0.15) is 33.6 Å². The number of rotatable bonds is 12. The maximum absolute atomic E-state index is 11.5. The lowest BCUT2D eigenvalue weighted by Gasteiger charge is -2.16. The SMILES string of the molecule is COC(C)COC(=O)CCC(=O)OCC(C)OCC(C)OC. The molecule has 0 radical (unpaired) electrons. The lowest BCUT2D eigenvalue weighted by atomic mass is 10.3. The number of hydrogen-bond acceptors (Lipinski definition) is 7. The molecule has 0 aliphatic rings. The zero-order valence-electron chi connectivity index (χ0n) is 14.1. The molecule has 0 aromatic carbocycles. The van der Waals surface area contributed by atoms with Crippen molar-refractivity contribution in [3.63, 3.8) is 0 Å². The van der Waals surface area contributed by atoms with Gasteiger partial charge < -0.3 is 23.7 Å². The standard InChI is InChI=1S/C15H28O7/c1-11(18-4)8-20-13(3)10-22-15(17)7-6-14(16)21-9-12(2)19-5/h11-13H,6-10H2,1-5H3. The minimum atomic E-state index is -0.452. The van der Waals surface area contributed by atoms with E-state index in [0.29, 0.717) is 6.61 Å². The highest BCUT2D eigenvalue weighted by Crippen LogP contribution is 2.01. The Hall–Kier alpha value is -1.18. The third kappa shape index (κ3) is 11.5. The van der Waals surface area contributed by atoms with Gasteiger partial charge in [0.15, 0.2) is 0 Å². The van der Waals surface area contributed by atoms with Gasteiger partial charge in [-0.3, -0.25) is 9.59 Å². The summed E-state index contributed by atoms with van der Waals surface area (Å²) in [6.07, 6.45) is -0.422. The number of ether oxygens (including phenoxy) is 5. The van der Waals surface area contributed by atoms with E-state index in [0.717, 1.165) is 0 Å². The average molecular weight is 320 g/mol. The number of carbonyl (C=O) groups is 2. The van der Waals surface area contributed by atoms with Crippen LogP contribution in [0.2, 0.25) is 0 Å². The van der Waals surface area contributed by atoms with Crippen LogP contribution in [0.15, 0.2) is 0 Å². The lowest BCUT2D eigenvalue weighted by Crippen LogP contribution is -2.24. The van der Waals surface area contributed by atoms with E-state index < -0.39 is 11.9 Å². The molecule has 0 aliphatic carbocycles. The smallest absolute Gasteiger partial charge is 0.306 e. The van der Waals surface area contributed by atoms with Crippen LogP contribution < -0.4 is 0 Å². The Morgan fingerprint density at radius 3 is 1.59 bits per heavy atom. The molecule has 0 N–H and O–H groups in total. The molecular formula is C15H28O7. The predicted octanol–water partition coefficient (Wildman–Crippen LogP) is 1.33. The molecule has 0 amide bonds. The monoisotopic (exact) mass is 320 g/mol. The molecule has 0 saturated carbocycles. The van der Waals surface area contributed by atoms with E-state index in [1.54, 1.807) is 21.0 Å². The van der Waals surface area contributed by atoms with Crippen LogP contribution in [0.3, 0.4) is 0 Å². The van der Waals surface area contributed by atoms with Crippen molar-refractivity contribution >= 4 is 11.9 Å². The molecular weight excluding hydrogens is 292 g/mol. The van der Waals surface area contributed by atoms with Crippen molar-refractivity contribution in [2.45, 2.75) is 51.9 Å². The van der Waals surface area contributed by atoms with Gasteiger partial charge in [0, 0.05) is 14.2 Å². The quantitative estimate of drug-likeness (QED) is 0.502. The van der Waals surface area contributed by atoms with Crippen LogP contribution in [0.4, 0.5) is 0 Å². The molecule has 130 valence electrons. The van der Waals surface area contributed by atoms with Gasteiger partial charge in [0.05, 0.1) is 37.8 Å². The molecule has 0 saturated heterocycles. The van der Waals surface area contributed by atoms with Crippen LogP contribution in [-0.2, 0) is 33.3 Å². The van der Waals surface area contributed by atoms with Crippen molar-refractivity contribution in [2.24, 2.45) is 0 Å². The zero-order chi connectivity index (χ0) is 17.0. The summed E-state index contributed by atoms with van der Waals surface area (Å²) in [5, 5.41) is 0. The number of methoxy groups -OCH3 is 2. The maximum Gasteiger partial charge on any atom is 0.306 e. The van der Waals surface area contributed by atoms with E-state index in [1.807, 2.05) is 6.92 Å². The summed E-state index contributed by atoms with van der Waals surface area (Å²) < 4.78 is 25.4. The molecule has 0 rings (SSSR count). The summed E-state index contributed by atoms with van der Waals surface area (Å²) in [5.74, 6) is -0.897. The van der Waals surface area contributed by atoms with Gasteiger partial charge in [-0.05, 0) is 20.8 Å². The van der Waals surface area contributed by atoms with Gasteiger partial charge in [0.1, 0.15) is 13.2 Å². The van der Waals surface area contributed by atoms with Crippen LogP contribution >= 0.6 is 0 Å². The lowest BCUT2D eigenvalue weighted by molar-refractivity contribution is -0.154. The molecule has 0 aromatic heterocycles. The topological polar surface area (TPSA) is 80.3 Å². The van der Waals surface area contributed by atoms with Crippen LogP contribution in [0, 0.1) is 0 Å². The van der Waals surface area contributed by atoms with Crippen molar-refractivity contribution < 1.29 is 33.3 Å². The summed E-state index contributed by atoms with van der Waals surface area (Å²) in [7, 11) is 3.14. The zero-order valence-corrected chi connectivity index (χ0v) is 14.1. The number of carbonyl (C=O) groups excluding carboxylic acids is 2. The van der Waals surface area contributed by atoms with Crippen molar-refractivity contribution in [1.29, 1.82) is 0 Å². The highest BCUT2D eigenvalue weighted by atomic mass is 16.6. The van der Waals surface area contributed by atoms with Crippen molar-refractivity contribution in [3.05, 3.63) is 0 Å². The summed E-state index contributed by atoms with van der Waals surface area (Å²) in [6, 6.07) is 0. The van der Waals surface area contributed by atoms with E-state index in [-0.39, 0.29) is 44.4 Å². The second-order valence-corrected chi connectivity index (χ2v) is 5.10. The average Bonchev–Trinajstić information content (AvgIpc) is 2.53. The van der Waals surface area contributed by atoms with Crippen molar-refractivity contribution in [1.82, 2.24) is 0 Å². The van der Waals surface area contributed by atoms with Gasteiger partial charge in [-0.15, -0.1) is 0 Å². The van der Waals surface area contributed by atoms with E-state index >= 15 is 0 Å². The molecule has 7 heteroatoms. The largest absolute Gasteiger partial charge is 0.463 e. The van der Waals surface area contributed by atoms with Gasteiger partial charge in [-0.1, -0.05) is 0 Å². The fourth-order valence-electron chi connectivity index (χ4n) is 1.25. The van der Waals surface area contributed by atoms with E-state index in [9.17, 15) is 9.59 Å². The summed E-state index contributed by atoms with van der Waals surface area (Å²) in [4.78, 5) is 22.9. The fourth-order valence-corrected chi connectivity index (χ4v) is 1.25. The molecule has 0 fully saturated rings. The Morgan fingerprint density at radius 1 is 0.727 bits per heavy atom. The second-order valence-electron chi connectivity index (χ2n) is 5.10. The summed E-state index contributed by atoms with van der Waals surface area (Å²) in [5.41, 5.74) is 0. The Morgan fingerprint density at radius 2 is 1.14 bits per heavy atom. The molecule has 22 heavy (non-hydrogen) atoms. The third-order valence-electron chi connectivity index (χ3n) is 2.91. The molecule has 3 atom stereocenters. The van der Waals surface area contributed by atoms with Gasteiger partial charge in [0.2, 0.25) is 0 Å². The highest BCUT2D eigenvalue weighted by molar-refractivity contribution is 5.77. The molecule has 7 nitrogen and oxygen atoms in total. The Kier molecular flexibility index (Phi) is 11.7. The third-order valence-corrected chi connectivity index (χ3v) is 2.91. The van der Waals surface area contributed by atoms with Gasteiger partial charge in [-0.25, -0.2) is 0 Å². The first-order chi connectivity index (χ1) is 10.4. The molecule has 0 aliphatic heterocycles. The number of esters is 2. The molecule has 0 heterocycles. The normalized spacial score (nSPS) is 15.0. The van der Waals surface area contributed by atoms with Gasteiger partial charge >= 0.3 is 11.9 Å². The minimum absolute atomic E-state index is 0.00872. The molecule has 0 bridgehead atoms. The van der Waals surface area contributed by atoms with Crippen LogP contribution in [0.5, 0.6) is 0 Å². The van der Waals surface area contributed by atoms with Gasteiger partial charge in [0.25, 0.3) is 0 Å². The fraction of sp³-hybridized carbons (Fsp3) is 0.867. The molecule has 3 unspecified atom stereocenters. The van der Waals surface area contributed by atoms with Gasteiger partial charge in [-0.2, -0.15) is 0 Å². The van der Waals surface area contributed by atoms with Crippen molar-refractivity contribution in [3.8, 4) is 0 Å². The van der Waals surface area contributed by atoms with E-state index in [1.165, 1.54) is 7.11 Å².